The molecule has 148 valence electrons. The van der Waals surface area contributed by atoms with Gasteiger partial charge >= 0.3 is 0 Å². The van der Waals surface area contributed by atoms with Crippen LogP contribution >= 0.6 is 0 Å². The second kappa shape index (κ2) is 9.50. The number of carbonyl (C=O) groups is 2. The highest BCUT2D eigenvalue weighted by molar-refractivity contribution is 6.01. The lowest BCUT2D eigenvalue weighted by Crippen LogP contribution is -2.45. The number of nitrogens with one attached hydrogen (secondary N) is 2. The van der Waals surface area contributed by atoms with E-state index in [0.717, 1.165) is 5.56 Å². The summed E-state index contributed by atoms with van der Waals surface area (Å²) in [7, 11) is 1.51. The highest BCUT2D eigenvalue weighted by Crippen LogP contribution is 2.23. The Kier molecular flexibility index (Phi) is 6.58. The number of benzene rings is 3. The normalized spacial score (nSPS) is 11.4. The average molecular weight is 392 g/mol. The van der Waals surface area contributed by atoms with Gasteiger partial charge in [-0.1, -0.05) is 54.6 Å². The van der Waals surface area contributed by atoms with Crippen LogP contribution in [-0.4, -0.2) is 25.0 Å². The Labute approximate surface area is 168 Å². The smallest absolute Gasteiger partial charge is 0.254 e. The van der Waals surface area contributed by atoms with Gasteiger partial charge in [-0.05, 0) is 29.8 Å². The van der Waals surface area contributed by atoms with Crippen molar-refractivity contribution >= 4 is 17.5 Å². The summed E-state index contributed by atoms with van der Waals surface area (Å²) in [4.78, 5) is 25.6. The third-order valence-corrected chi connectivity index (χ3v) is 4.39. The minimum atomic E-state index is -0.908. The second-order valence-corrected chi connectivity index (χ2v) is 6.39. The molecule has 2 amide bonds. The third kappa shape index (κ3) is 5.19. The maximum absolute atomic E-state index is 14.0. The molecule has 0 saturated heterocycles. The predicted octanol–water partition coefficient (Wildman–Crippen LogP) is 3.81. The standard InChI is InChI=1S/C23H21FN2O3/c1-29-21-14-8-7-13-19(21)25-23(28)20(15-16-9-3-2-4-10-16)26-22(27)17-11-5-6-12-18(17)24/h2-14,20H,15H2,1H3,(H,25,28)(H,26,27). The number of carbonyl (C=O) groups excluding carboxylic acids is 2. The maximum Gasteiger partial charge on any atom is 0.254 e. The topological polar surface area (TPSA) is 67.4 Å². The molecule has 2 N–H and O–H groups in total. The number of para-hydroxylation sites is 2. The number of anilines is 1. The Morgan fingerprint density at radius 2 is 1.59 bits per heavy atom. The van der Waals surface area contributed by atoms with Gasteiger partial charge in [0.25, 0.3) is 5.91 Å². The fourth-order valence-electron chi connectivity index (χ4n) is 2.91. The second-order valence-electron chi connectivity index (χ2n) is 6.39. The van der Waals surface area contributed by atoms with E-state index in [1.807, 2.05) is 30.3 Å². The van der Waals surface area contributed by atoms with Crippen LogP contribution in [0.4, 0.5) is 10.1 Å². The molecule has 0 saturated carbocycles. The van der Waals surface area contributed by atoms with Crippen LogP contribution in [0.2, 0.25) is 0 Å². The molecule has 29 heavy (non-hydrogen) atoms. The largest absolute Gasteiger partial charge is 0.495 e. The highest BCUT2D eigenvalue weighted by Gasteiger charge is 2.24. The van der Waals surface area contributed by atoms with Crippen LogP contribution in [0.25, 0.3) is 0 Å². The number of methoxy groups -OCH3 is 1. The van der Waals surface area contributed by atoms with Crippen molar-refractivity contribution in [3.63, 3.8) is 0 Å². The van der Waals surface area contributed by atoms with E-state index in [1.54, 1.807) is 30.3 Å². The van der Waals surface area contributed by atoms with Crippen molar-refractivity contribution in [2.45, 2.75) is 12.5 Å². The molecule has 0 aromatic heterocycles. The lowest BCUT2D eigenvalue weighted by molar-refractivity contribution is -0.118. The van der Waals surface area contributed by atoms with Gasteiger partial charge in [0.1, 0.15) is 17.6 Å². The van der Waals surface area contributed by atoms with Crippen LogP contribution in [0.15, 0.2) is 78.9 Å². The predicted molar refractivity (Wildman–Crippen MR) is 109 cm³/mol. The molecule has 0 fully saturated rings. The molecule has 1 atom stereocenters. The Hall–Kier alpha value is -3.67. The van der Waals surface area contributed by atoms with Crippen molar-refractivity contribution in [2.75, 3.05) is 12.4 Å². The summed E-state index contributed by atoms with van der Waals surface area (Å²) in [5, 5.41) is 5.43. The minimum absolute atomic E-state index is 0.115. The summed E-state index contributed by atoms with van der Waals surface area (Å²) in [6.07, 6.45) is 0.252. The first-order chi connectivity index (χ1) is 14.1. The zero-order chi connectivity index (χ0) is 20.6. The molecule has 5 nitrogen and oxygen atoms in total. The summed E-state index contributed by atoms with van der Waals surface area (Å²) in [5.74, 6) is -1.23. The molecule has 3 rings (SSSR count). The number of halogens is 1. The molecule has 0 bridgehead atoms. The van der Waals surface area contributed by atoms with Gasteiger partial charge in [-0.15, -0.1) is 0 Å². The van der Waals surface area contributed by atoms with Crippen LogP contribution in [0.1, 0.15) is 15.9 Å². The third-order valence-electron chi connectivity index (χ3n) is 4.39. The molecule has 0 aliphatic rings. The molecule has 0 radical (unpaired) electrons. The Bertz CT molecular complexity index is 992. The van der Waals surface area contributed by atoms with Gasteiger partial charge in [0.15, 0.2) is 0 Å². The lowest BCUT2D eigenvalue weighted by atomic mass is 10.0. The van der Waals surface area contributed by atoms with E-state index >= 15 is 0 Å². The fraction of sp³-hybridized carbons (Fsp3) is 0.130. The minimum Gasteiger partial charge on any atom is -0.495 e. The van der Waals surface area contributed by atoms with E-state index < -0.39 is 23.7 Å². The van der Waals surface area contributed by atoms with Crippen molar-refractivity contribution in [3.05, 3.63) is 95.8 Å². The van der Waals surface area contributed by atoms with Crippen LogP contribution in [0.3, 0.4) is 0 Å². The van der Waals surface area contributed by atoms with Crippen molar-refractivity contribution in [1.29, 1.82) is 0 Å². The Balaban J connectivity index is 1.83. The first kappa shape index (κ1) is 20.1. The molecule has 0 spiro atoms. The van der Waals surface area contributed by atoms with E-state index in [-0.39, 0.29) is 12.0 Å². The van der Waals surface area contributed by atoms with Crippen molar-refractivity contribution < 1.29 is 18.7 Å². The maximum atomic E-state index is 14.0. The highest BCUT2D eigenvalue weighted by atomic mass is 19.1. The van der Waals surface area contributed by atoms with Crippen LogP contribution in [0.5, 0.6) is 5.75 Å². The molecule has 0 heterocycles. The van der Waals surface area contributed by atoms with Gasteiger partial charge in [0.2, 0.25) is 5.91 Å². The van der Waals surface area contributed by atoms with Gasteiger partial charge in [0.05, 0.1) is 18.4 Å². The lowest BCUT2D eigenvalue weighted by Gasteiger charge is -2.20. The molecular formula is C23H21FN2O3. The molecule has 1 unspecified atom stereocenters. The van der Waals surface area contributed by atoms with Gasteiger partial charge < -0.3 is 15.4 Å². The molecule has 0 aliphatic carbocycles. The van der Waals surface area contributed by atoms with E-state index in [2.05, 4.69) is 10.6 Å². The van der Waals surface area contributed by atoms with E-state index in [9.17, 15) is 14.0 Å². The van der Waals surface area contributed by atoms with Crippen molar-refractivity contribution in [3.8, 4) is 5.75 Å². The number of amides is 2. The van der Waals surface area contributed by atoms with E-state index in [1.165, 1.54) is 25.3 Å². The van der Waals surface area contributed by atoms with E-state index in [0.29, 0.717) is 11.4 Å². The zero-order valence-electron chi connectivity index (χ0n) is 15.9. The van der Waals surface area contributed by atoms with Crippen LogP contribution in [-0.2, 0) is 11.2 Å². The number of hydrogen-bond acceptors (Lipinski definition) is 3. The van der Waals surface area contributed by atoms with Crippen LogP contribution in [0, 0.1) is 5.82 Å². The molecule has 0 aliphatic heterocycles. The Morgan fingerprint density at radius 1 is 0.931 bits per heavy atom. The number of ether oxygens (including phenoxy) is 1. The SMILES string of the molecule is COc1ccccc1NC(=O)C(Cc1ccccc1)NC(=O)c1ccccc1F. The van der Waals surface area contributed by atoms with Gasteiger partial charge in [-0.2, -0.15) is 0 Å². The van der Waals surface area contributed by atoms with Crippen molar-refractivity contribution in [1.82, 2.24) is 5.32 Å². The monoisotopic (exact) mass is 392 g/mol. The first-order valence-electron chi connectivity index (χ1n) is 9.11. The first-order valence-corrected chi connectivity index (χ1v) is 9.11. The van der Waals surface area contributed by atoms with Crippen molar-refractivity contribution in [2.24, 2.45) is 0 Å². The average Bonchev–Trinajstić information content (AvgIpc) is 2.74. The zero-order valence-corrected chi connectivity index (χ0v) is 15.9. The van der Waals surface area contributed by atoms with Gasteiger partial charge in [-0.25, -0.2) is 4.39 Å². The van der Waals surface area contributed by atoms with E-state index in [4.69, 9.17) is 4.74 Å². The van der Waals surface area contributed by atoms with Crippen LogP contribution < -0.4 is 15.4 Å². The molecule has 3 aromatic rings. The summed E-state index contributed by atoms with van der Waals surface area (Å²) in [5.41, 5.74) is 1.23. The molecule has 3 aromatic carbocycles. The fourth-order valence-corrected chi connectivity index (χ4v) is 2.91. The number of hydrogen-bond donors (Lipinski definition) is 2. The summed E-state index contributed by atoms with van der Waals surface area (Å²) in [6.45, 7) is 0. The summed E-state index contributed by atoms with van der Waals surface area (Å²) < 4.78 is 19.2. The molecule has 6 heteroatoms. The number of rotatable bonds is 7. The van der Waals surface area contributed by atoms with Gasteiger partial charge in [-0.3, -0.25) is 9.59 Å². The summed E-state index contributed by atoms with van der Waals surface area (Å²) in [6, 6.07) is 21.0. The quantitative estimate of drug-likeness (QED) is 0.642. The Morgan fingerprint density at radius 3 is 2.31 bits per heavy atom. The summed E-state index contributed by atoms with van der Waals surface area (Å²) >= 11 is 0. The molecular weight excluding hydrogens is 371 g/mol. The van der Waals surface area contributed by atoms with Gasteiger partial charge in [0, 0.05) is 6.42 Å².